The molecule has 100 valence electrons. The number of piperidine rings is 1. The summed E-state index contributed by atoms with van der Waals surface area (Å²) in [6, 6.07) is 0.241. The van der Waals surface area contributed by atoms with Gasteiger partial charge in [0.1, 0.15) is 0 Å². The van der Waals surface area contributed by atoms with E-state index in [0.717, 1.165) is 19.4 Å². The highest BCUT2D eigenvalue weighted by Crippen LogP contribution is 2.24. The topological polar surface area (TPSA) is 72.4 Å². The number of nitrogens with zero attached hydrogens (tertiary/aromatic N) is 2. The highest BCUT2D eigenvalue weighted by Gasteiger charge is 2.31. The summed E-state index contributed by atoms with van der Waals surface area (Å²) in [4.78, 5) is 18.5. The molecule has 1 saturated heterocycles. The summed E-state index contributed by atoms with van der Waals surface area (Å²) in [5, 5.41) is 0. The van der Waals surface area contributed by atoms with E-state index < -0.39 is 0 Å². The minimum Gasteiger partial charge on any atom is -0.436 e. The van der Waals surface area contributed by atoms with Crippen LogP contribution in [0.15, 0.2) is 4.42 Å². The molecule has 2 atom stereocenters. The lowest BCUT2D eigenvalue weighted by Crippen LogP contribution is -2.47. The van der Waals surface area contributed by atoms with Crippen molar-refractivity contribution in [1.29, 1.82) is 0 Å². The maximum atomic E-state index is 12.5. The molecule has 0 radical (unpaired) electrons. The smallest absolute Gasteiger partial charge is 0.291 e. The van der Waals surface area contributed by atoms with Gasteiger partial charge in [-0.1, -0.05) is 0 Å². The van der Waals surface area contributed by atoms with Gasteiger partial charge in [0, 0.05) is 19.5 Å². The van der Waals surface area contributed by atoms with Gasteiger partial charge in [0.05, 0.1) is 5.69 Å². The number of carbonyl (C=O) groups is 1. The Kier molecular flexibility index (Phi) is 3.71. The minimum absolute atomic E-state index is 0.0567. The molecule has 0 aliphatic carbocycles. The lowest BCUT2D eigenvalue weighted by atomic mass is 9.93. The van der Waals surface area contributed by atoms with Crippen molar-refractivity contribution in [3.8, 4) is 0 Å². The number of aryl methyl sites for hydroxylation is 2. The van der Waals surface area contributed by atoms with Crippen molar-refractivity contribution in [2.24, 2.45) is 11.7 Å². The summed E-state index contributed by atoms with van der Waals surface area (Å²) in [7, 11) is 0. The highest BCUT2D eigenvalue weighted by molar-refractivity contribution is 5.92. The number of hydrogen-bond acceptors (Lipinski definition) is 4. The first kappa shape index (κ1) is 13.1. The van der Waals surface area contributed by atoms with Crippen LogP contribution in [0.25, 0.3) is 0 Å². The van der Waals surface area contributed by atoms with Gasteiger partial charge in [0.25, 0.3) is 5.91 Å². The third-order valence-corrected chi connectivity index (χ3v) is 3.67. The number of carbonyl (C=O) groups excluding carboxylic acids is 1. The van der Waals surface area contributed by atoms with E-state index in [4.69, 9.17) is 10.2 Å². The summed E-state index contributed by atoms with van der Waals surface area (Å²) >= 11 is 0. The van der Waals surface area contributed by atoms with Gasteiger partial charge in [-0.3, -0.25) is 4.79 Å². The lowest BCUT2D eigenvalue weighted by Gasteiger charge is -2.37. The first-order valence-electron chi connectivity index (χ1n) is 6.48. The van der Waals surface area contributed by atoms with Gasteiger partial charge >= 0.3 is 0 Å². The second kappa shape index (κ2) is 5.10. The Hall–Kier alpha value is -1.36. The van der Waals surface area contributed by atoms with E-state index >= 15 is 0 Å². The van der Waals surface area contributed by atoms with Crippen LogP contribution in [-0.4, -0.2) is 34.9 Å². The number of rotatable bonds is 2. The van der Waals surface area contributed by atoms with E-state index in [0.29, 0.717) is 29.8 Å². The summed E-state index contributed by atoms with van der Waals surface area (Å²) in [5.74, 6) is 1.25. The first-order valence-corrected chi connectivity index (χ1v) is 6.48. The summed E-state index contributed by atoms with van der Waals surface area (Å²) < 4.78 is 5.41. The Labute approximate surface area is 107 Å². The minimum atomic E-state index is -0.0567. The van der Waals surface area contributed by atoms with Gasteiger partial charge in [-0.05, 0) is 39.2 Å². The maximum absolute atomic E-state index is 12.5. The standard InChI is InChI=1S/C13H21N3O2/c1-8-4-5-11(6-14)7-16(8)13(17)12-9(2)15-10(3)18-12/h8,11H,4-7,14H2,1-3H3. The Morgan fingerprint density at radius 2 is 2.22 bits per heavy atom. The molecule has 1 amide bonds. The van der Waals surface area contributed by atoms with Crippen LogP contribution in [-0.2, 0) is 0 Å². The molecule has 5 heteroatoms. The molecule has 2 rings (SSSR count). The molecule has 2 unspecified atom stereocenters. The number of nitrogens with two attached hydrogens (primary N) is 1. The normalized spacial score (nSPS) is 24.3. The Bertz CT molecular complexity index is 441. The summed E-state index contributed by atoms with van der Waals surface area (Å²) in [6.07, 6.45) is 2.09. The molecule has 1 aromatic rings. The number of hydrogen-bond donors (Lipinski definition) is 1. The van der Waals surface area contributed by atoms with Crippen molar-refractivity contribution in [1.82, 2.24) is 9.88 Å². The van der Waals surface area contributed by atoms with Crippen LogP contribution in [0.1, 0.15) is 41.9 Å². The SMILES string of the molecule is Cc1nc(C)c(C(=O)N2CC(CN)CCC2C)o1. The fourth-order valence-corrected chi connectivity index (χ4v) is 2.52. The van der Waals surface area contributed by atoms with Crippen LogP contribution >= 0.6 is 0 Å². The molecule has 2 N–H and O–H groups in total. The van der Waals surface area contributed by atoms with Crippen molar-refractivity contribution < 1.29 is 9.21 Å². The van der Waals surface area contributed by atoms with Crippen LogP contribution in [0.2, 0.25) is 0 Å². The van der Waals surface area contributed by atoms with Gasteiger partial charge in [-0.2, -0.15) is 0 Å². The highest BCUT2D eigenvalue weighted by atomic mass is 16.4. The molecule has 18 heavy (non-hydrogen) atoms. The van der Waals surface area contributed by atoms with Gasteiger partial charge in [-0.25, -0.2) is 4.98 Å². The average molecular weight is 251 g/mol. The molecule has 0 bridgehead atoms. The molecule has 1 aliphatic rings. The predicted molar refractivity (Wildman–Crippen MR) is 68.3 cm³/mol. The third kappa shape index (κ3) is 2.41. The van der Waals surface area contributed by atoms with Crippen molar-refractivity contribution in [3.63, 3.8) is 0 Å². The third-order valence-electron chi connectivity index (χ3n) is 3.67. The van der Waals surface area contributed by atoms with Crippen molar-refractivity contribution >= 4 is 5.91 Å². The van der Waals surface area contributed by atoms with E-state index in [1.54, 1.807) is 13.8 Å². The first-order chi connectivity index (χ1) is 8.52. The number of likely N-dealkylation sites (tertiary alicyclic amines) is 1. The quantitative estimate of drug-likeness (QED) is 0.864. The van der Waals surface area contributed by atoms with Crippen molar-refractivity contribution in [2.75, 3.05) is 13.1 Å². The zero-order valence-electron chi connectivity index (χ0n) is 11.3. The maximum Gasteiger partial charge on any atom is 0.291 e. The summed E-state index contributed by atoms with van der Waals surface area (Å²) in [6.45, 7) is 6.98. The van der Waals surface area contributed by atoms with Crippen LogP contribution in [0.5, 0.6) is 0 Å². The van der Waals surface area contributed by atoms with E-state index in [9.17, 15) is 4.79 Å². The molecule has 1 aliphatic heterocycles. The largest absolute Gasteiger partial charge is 0.436 e. The molecule has 1 fully saturated rings. The van der Waals surface area contributed by atoms with Gasteiger partial charge in [-0.15, -0.1) is 0 Å². The predicted octanol–water partition coefficient (Wildman–Crippen LogP) is 1.49. The van der Waals surface area contributed by atoms with Gasteiger partial charge in [0.15, 0.2) is 5.89 Å². The fourth-order valence-electron chi connectivity index (χ4n) is 2.52. The van der Waals surface area contributed by atoms with Gasteiger partial charge in [0.2, 0.25) is 5.76 Å². The molecule has 1 aromatic heterocycles. The Balaban J connectivity index is 2.19. The zero-order valence-corrected chi connectivity index (χ0v) is 11.3. The van der Waals surface area contributed by atoms with E-state index in [1.807, 2.05) is 4.90 Å². The monoisotopic (exact) mass is 251 g/mol. The molecule has 0 spiro atoms. The average Bonchev–Trinajstić information content (AvgIpc) is 2.68. The Morgan fingerprint density at radius 3 is 2.78 bits per heavy atom. The number of oxazole rings is 1. The van der Waals surface area contributed by atoms with Gasteiger partial charge < -0.3 is 15.1 Å². The van der Waals surface area contributed by atoms with Crippen molar-refractivity contribution in [3.05, 3.63) is 17.3 Å². The van der Waals surface area contributed by atoms with E-state index in [1.165, 1.54) is 0 Å². The van der Waals surface area contributed by atoms with Crippen LogP contribution < -0.4 is 5.73 Å². The summed E-state index contributed by atoms with van der Waals surface area (Å²) in [5.41, 5.74) is 6.38. The molecular weight excluding hydrogens is 230 g/mol. The van der Waals surface area contributed by atoms with Crippen LogP contribution in [0.3, 0.4) is 0 Å². The zero-order chi connectivity index (χ0) is 13.3. The van der Waals surface area contributed by atoms with Crippen LogP contribution in [0, 0.1) is 19.8 Å². The fraction of sp³-hybridized carbons (Fsp3) is 0.692. The number of aromatic nitrogens is 1. The molecule has 0 saturated carbocycles. The Morgan fingerprint density at radius 1 is 1.50 bits per heavy atom. The van der Waals surface area contributed by atoms with E-state index in [-0.39, 0.29) is 11.9 Å². The second-order valence-corrected chi connectivity index (χ2v) is 5.13. The van der Waals surface area contributed by atoms with E-state index in [2.05, 4.69) is 11.9 Å². The molecule has 0 aromatic carbocycles. The van der Waals surface area contributed by atoms with Crippen LogP contribution in [0.4, 0.5) is 0 Å². The van der Waals surface area contributed by atoms with Crippen molar-refractivity contribution in [2.45, 2.75) is 39.7 Å². The molecular formula is C13H21N3O2. The molecule has 5 nitrogen and oxygen atoms in total. The lowest BCUT2D eigenvalue weighted by molar-refractivity contribution is 0.0532. The molecule has 2 heterocycles. The second-order valence-electron chi connectivity index (χ2n) is 5.13. The number of amides is 1.